The quantitative estimate of drug-likeness (QED) is 0.483. The fraction of sp³-hybridized carbons (Fsp3) is 0.500. The van der Waals surface area contributed by atoms with Gasteiger partial charge in [0.25, 0.3) is 0 Å². The van der Waals surface area contributed by atoms with Gasteiger partial charge < -0.3 is 9.84 Å². The number of allylic oxidation sites excluding steroid dienone is 3. The zero-order valence-electron chi connectivity index (χ0n) is 14.3. The lowest BCUT2D eigenvalue weighted by molar-refractivity contribution is 0.0493. The van der Waals surface area contributed by atoms with Gasteiger partial charge in [-0.15, -0.1) is 6.58 Å². The van der Waals surface area contributed by atoms with Gasteiger partial charge >= 0.3 is 0 Å². The second-order valence-electron chi connectivity index (χ2n) is 6.29. The average Bonchev–Trinajstić information content (AvgIpc) is 2.47. The zero-order valence-corrected chi connectivity index (χ0v) is 14.3. The number of aliphatic hydroxyl groups is 1. The third kappa shape index (κ3) is 7.46. The predicted molar refractivity (Wildman–Crippen MR) is 94.4 cm³/mol. The molecule has 22 heavy (non-hydrogen) atoms. The van der Waals surface area contributed by atoms with E-state index in [1.165, 1.54) is 5.57 Å². The third-order valence-electron chi connectivity index (χ3n) is 3.89. The minimum Gasteiger partial charge on any atom is -0.497 e. The molecule has 1 aromatic carbocycles. The van der Waals surface area contributed by atoms with Crippen LogP contribution >= 0.6 is 0 Å². The number of rotatable bonds is 10. The summed E-state index contributed by atoms with van der Waals surface area (Å²) in [5, 5.41) is 10.6. The maximum absolute atomic E-state index is 10.6. The molecular formula is C20H30O2. The van der Waals surface area contributed by atoms with E-state index in [1.54, 1.807) is 7.11 Å². The van der Waals surface area contributed by atoms with Gasteiger partial charge in [0.2, 0.25) is 0 Å². The van der Waals surface area contributed by atoms with Crippen molar-refractivity contribution in [2.24, 2.45) is 0 Å². The van der Waals surface area contributed by atoms with Crippen molar-refractivity contribution in [2.75, 3.05) is 7.11 Å². The summed E-state index contributed by atoms with van der Waals surface area (Å²) >= 11 is 0. The first-order chi connectivity index (χ1) is 10.5. The Morgan fingerprint density at radius 3 is 2.55 bits per heavy atom. The van der Waals surface area contributed by atoms with E-state index in [9.17, 15) is 5.11 Å². The van der Waals surface area contributed by atoms with Crippen molar-refractivity contribution >= 4 is 0 Å². The second-order valence-corrected chi connectivity index (χ2v) is 6.29. The van der Waals surface area contributed by atoms with Crippen LogP contribution in [-0.4, -0.2) is 17.8 Å². The molecule has 0 aromatic heterocycles. The summed E-state index contributed by atoms with van der Waals surface area (Å²) in [7, 11) is 1.66. The zero-order chi connectivity index (χ0) is 16.4. The first kappa shape index (κ1) is 18.5. The summed E-state index contributed by atoms with van der Waals surface area (Å²) in [5.74, 6) is 0.851. The van der Waals surface area contributed by atoms with Crippen LogP contribution in [0.4, 0.5) is 0 Å². The summed E-state index contributed by atoms with van der Waals surface area (Å²) in [4.78, 5) is 0. The second kappa shape index (κ2) is 9.47. The molecule has 0 spiro atoms. The molecule has 0 saturated heterocycles. The van der Waals surface area contributed by atoms with Gasteiger partial charge in [0, 0.05) is 6.42 Å². The maximum atomic E-state index is 10.6. The first-order valence-corrected chi connectivity index (χ1v) is 8.08. The van der Waals surface area contributed by atoms with Gasteiger partial charge in [0.15, 0.2) is 0 Å². The highest BCUT2D eigenvalue weighted by atomic mass is 16.5. The Morgan fingerprint density at radius 2 is 1.95 bits per heavy atom. The fourth-order valence-corrected chi connectivity index (χ4v) is 2.57. The molecule has 1 unspecified atom stereocenters. The van der Waals surface area contributed by atoms with Gasteiger partial charge in [0.05, 0.1) is 12.7 Å². The topological polar surface area (TPSA) is 29.5 Å². The van der Waals surface area contributed by atoms with Crippen LogP contribution in [0.3, 0.4) is 0 Å². The molecule has 122 valence electrons. The van der Waals surface area contributed by atoms with Gasteiger partial charge in [-0.3, -0.25) is 0 Å². The minimum absolute atomic E-state index is 0.657. The average molecular weight is 302 g/mol. The lowest BCUT2D eigenvalue weighted by Gasteiger charge is -2.23. The van der Waals surface area contributed by atoms with Crippen LogP contribution in [0.15, 0.2) is 48.6 Å². The number of hydrogen-bond acceptors (Lipinski definition) is 2. The molecule has 1 aromatic rings. The van der Waals surface area contributed by atoms with E-state index >= 15 is 0 Å². The number of ether oxygens (including phenoxy) is 1. The molecule has 2 heteroatoms. The lowest BCUT2D eigenvalue weighted by Crippen LogP contribution is -2.27. The van der Waals surface area contributed by atoms with Crippen LogP contribution in [0, 0.1) is 0 Å². The van der Waals surface area contributed by atoms with Gasteiger partial charge in [-0.2, -0.15) is 0 Å². The Balaban J connectivity index is 2.39. The Bertz CT molecular complexity index is 469. The summed E-state index contributed by atoms with van der Waals surface area (Å²) in [6.45, 7) is 7.83. The number of methoxy groups -OCH3 is 1. The third-order valence-corrected chi connectivity index (χ3v) is 3.89. The molecule has 0 bridgehead atoms. The first-order valence-electron chi connectivity index (χ1n) is 8.08. The fourth-order valence-electron chi connectivity index (χ4n) is 2.57. The molecule has 0 heterocycles. The van der Waals surface area contributed by atoms with Gasteiger partial charge in [0.1, 0.15) is 5.75 Å². The minimum atomic E-state index is -0.657. The molecule has 0 saturated carbocycles. The molecule has 1 atom stereocenters. The van der Waals surface area contributed by atoms with Gasteiger partial charge in [-0.1, -0.05) is 29.9 Å². The monoisotopic (exact) mass is 302 g/mol. The summed E-state index contributed by atoms with van der Waals surface area (Å²) in [6.07, 6.45) is 9.88. The molecule has 0 fully saturated rings. The van der Waals surface area contributed by atoms with E-state index in [-0.39, 0.29) is 0 Å². The van der Waals surface area contributed by atoms with Crippen LogP contribution in [0.5, 0.6) is 5.75 Å². The highest BCUT2D eigenvalue weighted by Gasteiger charge is 2.20. The van der Waals surface area contributed by atoms with Crippen molar-refractivity contribution in [3.8, 4) is 5.75 Å². The van der Waals surface area contributed by atoms with Crippen molar-refractivity contribution in [2.45, 2.75) is 58.0 Å². The molecular weight excluding hydrogens is 272 g/mol. The molecule has 2 nitrogen and oxygen atoms in total. The lowest BCUT2D eigenvalue weighted by atomic mass is 9.90. The number of hydrogen-bond donors (Lipinski definition) is 1. The van der Waals surface area contributed by atoms with E-state index < -0.39 is 5.60 Å². The molecule has 0 aliphatic rings. The Kier molecular flexibility index (Phi) is 7.97. The summed E-state index contributed by atoms with van der Waals surface area (Å²) < 4.78 is 5.16. The largest absolute Gasteiger partial charge is 0.497 e. The van der Waals surface area contributed by atoms with Gasteiger partial charge in [-0.05, 0) is 63.6 Å². The Labute approximate surface area is 135 Å². The normalized spacial score (nSPS) is 14.5. The van der Waals surface area contributed by atoms with E-state index in [0.717, 1.165) is 43.4 Å². The van der Waals surface area contributed by atoms with Crippen molar-refractivity contribution < 1.29 is 9.84 Å². The number of unbranched alkanes of at least 4 members (excludes halogenated alkanes) is 1. The van der Waals surface area contributed by atoms with Crippen LogP contribution in [-0.2, 0) is 6.42 Å². The number of benzene rings is 1. The van der Waals surface area contributed by atoms with Crippen molar-refractivity contribution in [3.63, 3.8) is 0 Å². The summed E-state index contributed by atoms with van der Waals surface area (Å²) in [6, 6.07) is 7.93. The Hall–Kier alpha value is -1.54. The highest BCUT2D eigenvalue weighted by Crippen LogP contribution is 2.22. The molecule has 1 N–H and O–H groups in total. The maximum Gasteiger partial charge on any atom is 0.118 e. The highest BCUT2D eigenvalue weighted by molar-refractivity contribution is 5.28. The molecule has 0 amide bonds. The van der Waals surface area contributed by atoms with E-state index in [1.807, 2.05) is 37.3 Å². The Morgan fingerprint density at radius 1 is 1.27 bits per heavy atom. The standard InChI is InChI=1S/C20H30O2/c1-5-6-7-9-17(2)10-8-15-20(3,21)16-18-11-13-19(22-4)14-12-18/h5,9,11-14,21H,1,6-8,10,15-16H2,2-4H3/b17-9+. The van der Waals surface area contributed by atoms with Crippen LogP contribution < -0.4 is 4.74 Å². The molecule has 0 aliphatic carbocycles. The van der Waals surface area contributed by atoms with Crippen LogP contribution in [0.1, 0.15) is 51.5 Å². The molecule has 1 rings (SSSR count). The van der Waals surface area contributed by atoms with Crippen molar-refractivity contribution in [1.82, 2.24) is 0 Å². The van der Waals surface area contributed by atoms with E-state index in [0.29, 0.717) is 6.42 Å². The van der Waals surface area contributed by atoms with E-state index in [2.05, 4.69) is 19.6 Å². The van der Waals surface area contributed by atoms with E-state index in [4.69, 9.17) is 4.74 Å². The van der Waals surface area contributed by atoms with Crippen molar-refractivity contribution in [3.05, 3.63) is 54.1 Å². The van der Waals surface area contributed by atoms with Crippen LogP contribution in [0.2, 0.25) is 0 Å². The van der Waals surface area contributed by atoms with Crippen LogP contribution in [0.25, 0.3) is 0 Å². The molecule has 0 radical (unpaired) electrons. The predicted octanol–water partition coefficient (Wildman–Crippen LogP) is 5.07. The van der Waals surface area contributed by atoms with Gasteiger partial charge in [-0.25, -0.2) is 0 Å². The summed E-state index contributed by atoms with van der Waals surface area (Å²) in [5.41, 5.74) is 1.89. The smallest absolute Gasteiger partial charge is 0.118 e. The van der Waals surface area contributed by atoms with Crippen molar-refractivity contribution in [1.29, 1.82) is 0 Å². The molecule has 0 aliphatic heterocycles. The SMILES string of the molecule is C=CCC/C=C(\C)CCCC(C)(O)Cc1ccc(OC)cc1.